The van der Waals surface area contributed by atoms with Gasteiger partial charge in [-0.1, -0.05) is 12.1 Å². The smallest absolute Gasteiger partial charge is 0.275 e. The van der Waals surface area contributed by atoms with Crippen molar-refractivity contribution in [2.75, 3.05) is 38.0 Å². The molecule has 0 atom stereocenters. The molecule has 25 heavy (non-hydrogen) atoms. The summed E-state index contributed by atoms with van der Waals surface area (Å²) < 4.78 is 0. The fourth-order valence-electron chi connectivity index (χ4n) is 2.96. The van der Waals surface area contributed by atoms with Crippen LogP contribution in [0.1, 0.15) is 31.9 Å². The number of aryl methyl sites for hydroxylation is 2. The molecule has 5 nitrogen and oxygen atoms in total. The van der Waals surface area contributed by atoms with E-state index >= 15 is 0 Å². The third kappa shape index (κ3) is 6.29. The van der Waals surface area contributed by atoms with Crippen LogP contribution in [0.4, 0.5) is 5.69 Å². The van der Waals surface area contributed by atoms with Gasteiger partial charge in [-0.25, -0.2) is 0 Å². The number of piperazine rings is 1. The second-order valence-electron chi connectivity index (χ2n) is 7.96. The molecule has 1 aromatic rings. The second-order valence-corrected chi connectivity index (χ2v) is 8.35. The van der Waals surface area contributed by atoms with Gasteiger partial charge in [-0.15, -0.1) is 0 Å². The summed E-state index contributed by atoms with van der Waals surface area (Å²) in [6.07, 6.45) is 0. The average molecular weight is 364 g/mol. The molecule has 1 aliphatic heterocycles. The highest BCUT2D eigenvalue weighted by molar-refractivity contribution is 7.80. The Morgan fingerprint density at radius 2 is 1.88 bits per heavy atom. The third-order valence-corrected chi connectivity index (χ3v) is 4.68. The quantitative estimate of drug-likeness (QED) is 0.705. The monoisotopic (exact) mass is 363 g/mol. The molecule has 0 radical (unpaired) electrons. The zero-order chi connectivity index (χ0) is 18.6. The Hall–Kier alpha value is -1.66. The lowest BCUT2D eigenvalue weighted by atomic mass is 10.1. The van der Waals surface area contributed by atoms with Crippen LogP contribution in [0.3, 0.4) is 0 Å². The highest BCUT2D eigenvalue weighted by atomic mass is 32.1. The summed E-state index contributed by atoms with van der Waals surface area (Å²) in [5.74, 6) is 0.118. The Morgan fingerprint density at radius 3 is 2.48 bits per heavy atom. The van der Waals surface area contributed by atoms with Crippen LogP contribution in [0.2, 0.25) is 0 Å². The number of anilines is 1. The Kier molecular flexibility index (Phi) is 6.41. The molecule has 3 N–H and O–H groups in total. The molecule has 1 heterocycles. The minimum absolute atomic E-state index is 0.118. The van der Waals surface area contributed by atoms with E-state index in [0.717, 1.165) is 37.0 Å². The topological polar surface area (TPSA) is 48.8 Å². The van der Waals surface area contributed by atoms with Crippen LogP contribution in [-0.2, 0) is 4.79 Å². The minimum Gasteiger partial charge on any atom is -0.347 e. The number of quaternary nitrogens is 1. The SMILES string of the molecule is Cc1ccc(C)c(NC(=S)N2CC[NH+](CC(=O)NC(C)(C)C)CC2)c1. The normalized spacial score (nSPS) is 15.8. The van der Waals surface area contributed by atoms with E-state index in [4.69, 9.17) is 12.2 Å². The molecule has 0 aliphatic carbocycles. The number of hydrogen-bond acceptors (Lipinski definition) is 2. The molecule has 0 bridgehead atoms. The van der Waals surface area contributed by atoms with Gasteiger partial charge in [0, 0.05) is 11.2 Å². The van der Waals surface area contributed by atoms with Crippen LogP contribution >= 0.6 is 12.2 Å². The zero-order valence-electron chi connectivity index (χ0n) is 16.0. The Balaban J connectivity index is 1.82. The maximum absolute atomic E-state index is 12.1. The maximum Gasteiger partial charge on any atom is 0.275 e. The summed E-state index contributed by atoms with van der Waals surface area (Å²) in [6.45, 7) is 14.3. The van der Waals surface area contributed by atoms with Crippen molar-refractivity contribution in [3.63, 3.8) is 0 Å². The van der Waals surface area contributed by atoms with Crippen molar-refractivity contribution in [3.8, 4) is 0 Å². The molecular weight excluding hydrogens is 332 g/mol. The first kappa shape index (κ1) is 19.7. The highest BCUT2D eigenvalue weighted by Crippen LogP contribution is 2.17. The van der Waals surface area contributed by atoms with E-state index in [1.807, 2.05) is 20.8 Å². The standard InChI is InChI=1S/C19H30N4OS/c1-14-6-7-15(2)16(12-14)20-18(25)23-10-8-22(9-11-23)13-17(24)21-19(3,4)5/h6-7,12H,8-11,13H2,1-5H3,(H,20,25)(H,21,24)/p+1. The number of rotatable bonds is 3. The molecule has 1 saturated heterocycles. The van der Waals surface area contributed by atoms with Crippen LogP contribution < -0.4 is 15.5 Å². The average Bonchev–Trinajstić information content (AvgIpc) is 2.49. The summed E-state index contributed by atoms with van der Waals surface area (Å²) in [6, 6.07) is 6.34. The lowest BCUT2D eigenvalue weighted by Crippen LogP contribution is -3.16. The number of thiocarbonyl (C=S) groups is 1. The highest BCUT2D eigenvalue weighted by Gasteiger charge is 2.25. The molecule has 0 aromatic heterocycles. The molecule has 2 rings (SSSR count). The van der Waals surface area contributed by atoms with E-state index in [9.17, 15) is 4.79 Å². The zero-order valence-corrected chi connectivity index (χ0v) is 16.8. The van der Waals surface area contributed by atoms with Crippen molar-refractivity contribution >= 4 is 28.9 Å². The van der Waals surface area contributed by atoms with Crippen molar-refractivity contribution in [1.82, 2.24) is 10.2 Å². The fraction of sp³-hybridized carbons (Fsp3) is 0.579. The van der Waals surface area contributed by atoms with Crippen molar-refractivity contribution in [2.24, 2.45) is 0 Å². The number of benzene rings is 1. The Labute approximate surface area is 156 Å². The van der Waals surface area contributed by atoms with Gasteiger partial charge in [-0.3, -0.25) is 4.79 Å². The van der Waals surface area contributed by atoms with E-state index in [1.165, 1.54) is 16.0 Å². The van der Waals surface area contributed by atoms with Gasteiger partial charge in [0.15, 0.2) is 11.7 Å². The predicted molar refractivity (Wildman–Crippen MR) is 107 cm³/mol. The largest absolute Gasteiger partial charge is 0.347 e. The lowest BCUT2D eigenvalue weighted by molar-refractivity contribution is -0.895. The first-order valence-corrected chi connectivity index (χ1v) is 9.32. The van der Waals surface area contributed by atoms with Crippen LogP contribution in [0.15, 0.2) is 18.2 Å². The van der Waals surface area contributed by atoms with E-state index in [0.29, 0.717) is 6.54 Å². The molecule has 0 saturated carbocycles. The molecule has 1 aliphatic rings. The number of amides is 1. The molecule has 0 spiro atoms. The van der Waals surface area contributed by atoms with Gasteiger partial charge < -0.3 is 20.4 Å². The summed E-state index contributed by atoms with van der Waals surface area (Å²) >= 11 is 5.58. The van der Waals surface area contributed by atoms with Gasteiger partial charge in [0.25, 0.3) is 5.91 Å². The van der Waals surface area contributed by atoms with Crippen molar-refractivity contribution in [3.05, 3.63) is 29.3 Å². The van der Waals surface area contributed by atoms with Crippen molar-refractivity contribution in [2.45, 2.75) is 40.2 Å². The van der Waals surface area contributed by atoms with Crippen molar-refractivity contribution in [1.29, 1.82) is 0 Å². The number of nitrogens with zero attached hydrogens (tertiary/aromatic N) is 1. The summed E-state index contributed by atoms with van der Waals surface area (Å²) in [7, 11) is 0. The van der Waals surface area contributed by atoms with E-state index < -0.39 is 0 Å². The summed E-state index contributed by atoms with van der Waals surface area (Å²) in [4.78, 5) is 15.6. The van der Waals surface area contributed by atoms with Crippen molar-refractivity contribution < 1.29 is 9.69 Å². The Bertz CT molecular complexity index is 631. The van der Waals surface area contributed by atoms with Gasteiger partial charge >= 0.3 is 0 Å². The predicted octanol–water partition coefficient (Wildman–Crippen LogP) is 1.12. The minimum atomic E-state index is -0.171. The third-order valence-electron chi connectivity index (χ3n) is 4.32. The molecule has 1 fully saturated rings. The van der Waals surface area contributed by atoms with Gasteiger partial charge in [-0.2, -0.15) is 0 Å². The lowest BCUT2D eigenvalue weighted by Gasteiger charge is -2.34. The van der Waals surface area contributed by atoms with Gasteiger partial charge in [-0.05, 0) is 64.0 Å². The van der Waals surface area contributed by atoms with Gasteiger partial charge in [0.1, 0.15) is 0 Å². The molecule has 0 unspecified atom stereocenters. The second kappa shape index (κ2) is 8.15. The van der Waals surface area contributed by atoms with Gasteiger partial charge in [0.05, 0.1) is 26.2 Å². The molecular formula is C19H31N4OS+. The van der Waals surface area contributed by atoms with E-state index in [-0.39, 0.29) is 11.4 Å². The molecule has 138 valence electrons. The molecule has 6 heteroatoms. The molecule has 1 aromatic carbocycles. The van der Waals surface area contributed by atoms with Crippen LogP contribution in [0, 0.1) is 13.8 Å². The van der Waals surface area contributed by atoms with E-state index in [1.54, 1.807) is 0 Å². The van der Waals surface area contributed by atoms with Crippen LogP contribution in [0.5, 0.6) is 0 Å². The number of hydrogen-bond donors (Lipinski definition) is 3. The first-order chi connectivity index (χ1) is 11.6. The van der Waals surface area contributed by atoms with Crippen LogP contribution in [-0.4, -0.2) is 54.2 Å². The fourth-order valence-corrected chi connectivity index (χ4v) is 3.25. The maximum atomic E-state index is 12.1. The van der Waals surface area contributed by atoms with Crippen LogP contribution in [0.25, 0.3) is 0 Å². The molecule has 1 amide bonds. The van der Waals surface area contributed by atoms with Gasteiger partial charge in [0.2, 0.25) is 0 Å². The summed E-state index contributed by atoms with van der Waals surface area (Å²) in [5.41, 5.74) is 3.31. The summed E-state index contributed by atoms with van der Waals surface area (Å²) in [5, 5.41) is 7.18. The number of carbonyl (C=O) groups is 1. The van der Waals surface area contributed by atoms with E-state index in [2.05, 4.69) is 47.6 Å². The Morgan fingerprint density at radius 1 is 1.24 bits per heavy atom. The number of nitrogens with one attached hydrogen (secondary N) is 3. The first-order valence-electron chi connectivity index (χ1n) is 8.92. The number of carbonyl (C=O) groups excluding carboxylic acids is 1.